The largest absolute Gasteiger partial charge is 0.497 e. The Kier molecular flexibility index (Phi) is 6.19. The molecule has 3 amide bonds. The Balaban J connectivity index is 1.63. The lowest BCUT2D eigenvalue weighted by Gasteiger charge is -2.28. The summed E-state index contributed by atoms with van der Waals surface area (Å²) in [5.74, 6) is 0.753. The predicted octanol–water partition coefficient (Wildman–Crippen LogP) is 3.42. The van der Waals surface area contributed by atoms with Crippen molar-refractivity contribution in [1.29, 1.82) is 0 Å². The second-order valence-corrected chi connectivity index (χ2v) is 7.26. The number of ether oxygens (including phenoxy) is 1. The molecule has 0 unspecified atom stereocenters. The molecule has 6 heteroatoms. The van der Waals surface area contributed by atoms with E-state index in [1.807, 2.05) is 68.4 Å². The van der Waals surface area contributed by atoms with Crippen LogP contribution in [0.25, 0.3) is 0 Å². The van der Waals surface area contributed by atoms with Gasteiger partial charge in [0, 0.05) is 31.2 Å². The number of methoxy groups -OCH3 is 1. The van der Waals surface area contributed by atoms with E-state index in [1.165, 1.54) is 0 Å². The number of nitrogens with one attached hydrogen (secondary N) is 1. The van der Waals surface area contributed by atoms with E-state index < -0.39 is 0 Å². The summed E-state index contributed by atoms with van der Waals surface area (Å²) in [5.41, 5.74) is 1.89. The molecule has 148 valence electrons. The third-order valence-corrected chi connectivity index (χ3v) is 4.92. The Labute approximate surface area is 166 Å². The van der Waals surface area contributed by atoms with Crippen molar-refractivity contribution in [2.45, 2.75) is 38.9 Å². The highest BCUT2D eigenvalue weighted by molar-refractivity contribution is 5.96. The zero-order valence-corrected chi connectivity index (χ0v) is 16.6. The number of hydrogen-bond acceptors (Lipinski definition) is 3. The molecule has 1 saturated heterocycles. The molecular weight excluding hydrogens is 354 g/mol. The van der Waals surface area contributed by atoms with Crippen molar-refractivity contribution in [2.24, 2.45) is 0 Å². The first-order chi connectivity index (χ1) is 13.5. The first-order valence-corrected chi connectivity index (χ1v) is 9.53. The maximum absolute atomic E-state index is 12.8. The van der Waals surface area contributed by atoms with Gasteiger partial charge in [0.25, 0.3) is 0 Å². The average molecular weight is 381 g/mol. The van der Waals surface area contributed by atoms with Gasteiger partial charge in [-0.05, 0) is 43.7 Å². The fourth-order valence-electron chi connectivity index (χ4n) is 3.34. The van der Waals surface area contributed by atoms with Crippen molar-refractivity contribution >= 4 is 17.6 Å². The van der Waals surface area contributed by atoms with E-state index in [2.05, 4.69) is 5.32 Å². The molecule has 1 aliphatic rings. The van der Waals surface area contributed by atoms with Crippen LogP contribution in [0.4, 0.5) is 10.5 Å². The van der Waals surface area contributed by atoms with Crippen molar-refractivity contribution in [3.8, 4) is 5.75 Å². The first-order valence-electron chi connectivity index (χ1n) is 9.53. The summed E-state index contributed by atoms with van der Waals surface area (Å²) in [6.45, 7) is 4.99. The molecule has 1 aliphatic heterocycles. The Morgan fingerprint density at radius 2 is 1.86 bits per heavy atom. The standard InChI is InChI=1S/C22H27N3O3/c1-16(2)24(14-17-7-5-4-6-8-17)22(27)23-18-13-21(26)25(15-18)19-9-11-20(28-3)12-10-19/h4-12,16,18H,13-15H2,1-3H3,(H,23,27)/t18-/m1/s1. The van der Waals surface area contributed by atoms with Gasteiger partial charge in [-0.15, -0.1) is 0 Å². The van der Waals surface area contributed by atoms with Crippen molar-refractivity contribution < 1.29 is 14.3 Å². The van der Waals surface area contributed by atoms with Crippen molar-refractivity contribution in [3.05, 3.63) is 60.2 Å². The van der Waals surface area contributed by atoms with Crippen LogP contribution >= 0.6 is 0 Å². The summed E-state index contributed by atoms with van der Waals surface area (Å²) in [4.78, 5) is 28.8. The van der Waals surface area contributed by atoms with Crippen molar-refractivity contribution in [1.82, 2.24) is 10.2 Å². The predicted molar refractivity (Wildman–Crippen MR) is 109 cm³/mol. The minimum absolute atomic E-state index is 0.00891. The molecule has 6 nitrogen and oxygen atoms in total. The number of amides is 3. The van der Waals surface area contributed by atoms with Crippen LogP contribution in [0.3, 0.4) is 0 Å². The number of benzene rings is 2. The maximum Gasteiger partial charge on any atom is 0.318 e. The highest BCUT2D eigenvalue weighted by Crippen LogP contribution is 2.24. The van der Waals surface area contributed by atoms with Gasteiger partial charge < -0.3 is 19.9 Å². The molecule has 0 saturated carbocycles. The second kappa shape index (κ2) is 8.78. The van der Waals surface area contributed by atoms with Gasteiger partial charge in [-0.2, -0.15) is 0 Å². The molecule has 0 spiro atoms. The van der Waals surface area contributed by atoms with Crippen molar-refractivity contribution in [3.63, 3.8) is 0 Å². The molecule has 0 radical (unpaired) electrons. The molecule has 1 N–H and O–H groups in total. The lowest BCUT2D eigenvalue weighted by atomic mass is 10.2. The second-order valence-electron chi connectivity index (χ2n) is 7.26. The van der Waals surface area contributed by atoms with Gasteiger partial charge in [0.1, 0.15) is 5.75 Å². The topological polar surface area (TPSA) is 61.9 Å². The monoisotopic (exact) mass is 381 g/mol. The van der Waals surface area contributed by atoms with E-state index >= 15 is 0 Å². The van der Waals surface area contributed by atoms with E-state index in [-0.39, 0.29) is 24.0 Å². The van der Waals surface area contributed by atoms with Crippen LogP contribution in [0.2, 0.25) is 0 Å². The van der Waals surface area contributed by atoms with Crippen LogP contribution in [0.1, 0.15) is 25.8 Å². The average Bonchev–Trinajstić information content (AvgIpc) is 3.06. The lowest BCUT2D eigenvalue weighted by molar-refractivity contribution is -0.117. The summed E-state index contributed by atoms with van der Waals surface area (Å²) in [5, 5.41) is 3.03. The Morgan fingerprint density at radius 3 is 2.46 bits per heavy atom. The summed E-state index contributed by atoms with van der Waals surface area (Å²) in [7, 11) is 1.61. The summed E-state index contributed by atoms with van der Waals surface area (Å²) < 4.78 is 5.16. The highest BCUT2D eigenvalue weighted by atomic mass is 16.5. The van der Waals surface area contributed by atoms with E-state index in [1.54, 1.807) is 16.9 Å². The fourth-order valence-corrected chi connectivity index (χ4v) is 3.34. The van der Waals surface area contributed by atoms with Gasteiger partial charge in [-0.3, -0.25) is 4.79 Å². The van der Waals surface area contributed by atoms with E-state index in [0.717, 1.165) is 17.0 Å². The van der Waals surface area contributed by atoms with Gasteiger partial charge >= 0.3 is 6.03 Å². The molecule has 0 bridgehead atoms. The molecule has 2 aromatic rings. The Bertz CT molecular complexity index is 806. The molecule has 0 aliphatic carbocycles. The number of urea groups is 1. The Morgan fingerprint density at radius 1 is 1.18 bits per heavy atom. The van der Waals surface area contributed by atoms with Gasteiger partial charge in [-0.1, -0.05) is 30.3 Å². The third kappa shape index (κ3) is 4.63. The molecule has 3 rings (SSSR count). The molecule has 28 heavy (non-hydrogen) atoms. The number of hydrogen-bond donors (Lipinski definition) is 1. The first kappa shape index (κ1) is 19.7. The minimum atomic E-state index is -0.209. The van der Waals surface area contributed by atoms with Gasteiger partial charge in [0.15, 0.2) is 0 Å². The third-order valence-electron chi connectivity index (χ3n) is 4.92. The smallest absolute Gasteiger partial charge is 0.318 e. The zero-order valence-electron chi connectivity index (χ0n) is 16.6. The number of carbonyl (C=O) groups excluding carboxylic acids is 2. The molecule has 1 heterocycles. The minimum Gasteiger partial charge on any atom is -0.497 e. The SMILES string of the molecule is COc1ccc(N2C[C@H](NC(=O)N(Cc3ccccc3)C(C)C)CC2=O)cc1. The molecular formula is C22H27N3O3. The van der Waals surface area contributed by atoms with Gasteiger partial charge in [0.05, 0.1) is 13.2 Å². The highest BCUT2D eigenvalue weighted by Gasteiger charge is 2.32. The van der Waals surface area contributed by atoms with Crippen LogP contribution in [0, 0.1) is 0 Å². The normalized spacial score (nSPS) is 16.4. The molecule has 0 aromatic heterocycles. The van der Waals surface area contributed by atoms with Crippen LogP contribution in [0.15, 0.2) is 54.6 Å². The van der Waals surface area contributed by atoms with Crippen molar-refractivity contribution in [2.75, 3.05) is 18.6 Å². The quantitative estimate of drug-likeness (QED) is 0.834. The molecule has 2 aromatic carbocycles. The summed E-state index contributed by atoms with van der Waals surface area (Å²) in [6, 6.07) is 17.0. The van der Waals surface area contributed by atoms with E-state index in [4.69, 9.17) is 4.74 Å². The zero-order chi connectivity index (χ0) is 20.1. The van der Waals surface area contributed by atoms with E-state index in [0.29, 0.717) is 19.5 Å². The lowest BCUT2D eigenvalue weighted by Crippen LogP contribution is -2.48. The van der Waals surface area contributed by atoms with Crippen LogP contribution in [0.5, 0.6) is 5.75 Å². The van der Waals surface area contributed by atoms with Gasteiger partial charge in [0.2, 0.25) is 5.91 Å². The Hall–Kier alpha value is -3.02. The number of nitrogens with zero attached hydrogens (tertiary/aromatic N) is 2. The van der Waals surface area contributed by atoms with Crippen LogP contribution in [-0.2, 0) is 11.3 Å². The fraction of sp³-hybridized carbons (Fsp3) is 0.364. The summed E-state index contributed by atoms with van der Waals surface area (Å²) >= 11 is 0. The number of carbonyl (C=O) groups is 2. The molecule has 1 fully saturated rings. The molecule has 1 atom stereocenters. The van der Waals surface area contributed by atoms with E-state index in [9.17, 15) is 9.59 Å². The van der Waals surface area contributed by atoms with Crippen LogP contribution < -0.4 is 15.0 Å². The van der Waals surface area contributed by atoms with Gasteiger partial charge in [-0.25, -0.2) is 4.79 Å². The number of anilines is 1. The maximum atomic E-state index is 12.8. The van der Waals surface area contributed by atoms with Crippen LogP contribution in [-0.4, -0.2) is 42.6 Å². The number of rotatable bonds is 6. The summed E-state index contributed by atoms with van der Waals surface area (Å²) in [6.07, 6.45) is 0.301.